The summed E-state index contributed by atoms with van der Waals surface area (Å²) in [5.74, 6) is 0.986. The van der Waals surface area contributed by atoms with Gasteiger partial charge in [-0.1, -0.05) is 25.5 Å². The fourth-order valence-corrected chi connectivity index (χ4v) is 4.02. The number of fused-ring (bicyclic) bond motifs is 2. The van der Waals surface area contributed by atoms with E-state index >= 15 is 0 Å². The van der Waals surface area contributed by atoms with Gasteiger partial charge in [0.05, 0.1) is 0 Å². The van der Waals surface area contributed by atoms with Crippen molar-refractivity contribution in [1.82, 2.24) is 0 Å². The van der Waals surface area contributed by atoms with E-state index in [1.165, 1.54) is 5.57 Å². The first kappa shape index (κ1) is 11.4. The predicted molar refractivity (Wildman–Crippen MR) is 63.4 cm³/mol. The average Bonchev–Trinajstić information content (AvgIpc) is 3.02. The summed E-state index contributed by atoms with van der Waals surface area (Å²) < 4.78 is 5.64. The van der Waals surface area contributed by atoms with Gasteiger partial charge in [-0.2, -0.15) is 0 Å². The number of hydrogen-bond acceptors (Lipinski definition) is 3. The van der Waals surface area contributed by atoms with E-state index in [4.69, 9.17) is 4.74 Å². The van der Waals surface area contributed by atoms with Crippen LogP contribution in [0.4, 0.5) is 0 Å². The number of carbonyl (C=O) groups is 1. The number of Topliss-reactive ketones (excluding diaryl/α,β-unsaturated/α-hetero) is 1. The van der Waals surface area contributed by atoms with E-state index in [1.54, 1.807) is 0 Å². The van der Waals surface area contributed by atoms with Crippen LogP contribution in [-0.2, 0) is 9.53 Å². The van der Waals surface area contributed by atoms with Gasteiger partial charge in [0.15, 0.2) is 5.78 Å². The summed E-state index contributed by atoms with van der Waals surface area (Å²) in [6.45, 7) is 4.59. The van der Waals surface area contributed by atoms with Crippen molar-refractivity contribution in [3.63, 3.8) is 0 Å². The molecule has 2 fully saturated rings. The Kier molecular flexibility index (Phi) is 2.46. The van der Waals surface area contributed by atoms with Crippen LogP contribution in [0.2, 0.25) is 0 Å². The smallest absolute Gasteiger partial charge is 0.164 e. The van der Waals surface area contributed by atoms with Gasteiger partial charge in [0.2, 0.25) is 0 Å². The van der Waals surface area contributed by atoms with Crippen LogP contribution in [0.3, 0.4) is 0 Å². The Morgan fingerprint density at radius 3 is 3.00 bits per heavy atom. The molecule has 0 unspecified atom stereocenters. The average molecular weight is 236 g/mol. The molecule has 3 nitrogen and oxygen atoms in total. The Hall–Kier alpha value is -0.670. The molecule has 0 aromatic carbocycles. The molecule has 3 heteroatoms. The zero-order valence-electron chi connectivity index (χ0n) is 10.5. The summed E-state index contributed by atoms with van der Waals surface area (Å²) in [4.78, 5) is 11.6. The maximum Gasteiger partial charge on any atom is 0.164 e. The maximum atomic E-state index is 11.6. The molecule has 94 valence electrons. The van der Waals surface area contributed by atoms with Crippen LogP contribution in [0.1, 0.15) is 33.1 Å². The normalized spacial score (nSPS) is 44.1. The highest BCUT2D eigenvalue weighted by atomic mass is 16.6. The number of allylic oxidation sites excluding steroid dienone is 1. The van der Waals surface area contributed by atoms with Gasteiger partial charge in [-0.05, 0) is 24.7 Å². The minimum absolute atomic E-state index is 0.0402. The lowest BCUT2D eigenvalue weighted by Gasteiger charge is -2.40. The van der Waals surface area contributed by atoms with Gasteiger partial charge < -0.3 is 9.84 Å². The van der Waals surface area contributed by atoms with E-state index in [0.717, 1.165) is 12.8 Å². The molecule has 0 aromatic rings. The minimum Gasteiger partial charge on any atom is -0.396 e. The van der Waals surface area contributed by atoms with Gasteiger partial charge in [0.1, 0.15) is 12.2 Å². The van der Waals surface area contributed by atoms with E-state index in [0.29, 0.717) is 12.3 Å². The first-order chi connectivity index (χ1) is 8.11. The van der Waals surface area contributed by atoms with Crippen molar-refractivity contribution in [2.75, 3.05) is 6.61 Å². The van der Waals surface area contributed by atoms with Gasteiger partial charge in [-0.3, -0.25) is 4.79 Å². The first-order valence-electron chi connectivity index (χ1n) is 6.61. The molecule has 1 heterocycles. The SMILES string of the molecule is CC(C)C1=CC[C@H](CO)[C@]12CCC(=O)[C@H]1O[C@H]12. The number of epoxide rings is 1. The molecule has 0 amide bonds. The zero-order valence-corrected chi connectivity index (χ0v) is 10.5. The van der Waals surface area contributed by atoms with E-state index in [-0.39, 0.29) is 35.9 Å². The summed E-state index contributed by atoms with van der Waals surface area (Å²) in [5.41, 5.74) is 1.37. The monoisotopic (exact) mass is 236 g/mol. The summed E-state index contributed by atoms with van der Waals surface area (Å²) >= 11 is 0. The molecule has 3 rings (SSSR count). The number of aliphatic hydroxyl groups excluding tert-OH is 1. The molecular formula is C14H20O3. The minimum atomic E-state index is -0.168. The highest BCUT2D eigenvalue weighted by molar-refractivity contribution is 5.87. The number of rotatable bonds is 2. The van der Waals surface area contributed by atoms with Crippen molar-refractivity contribution in [3.05, 3.63) is 11.6 Å². The topological polar surface area (TPSA) is 49.8 Å². The number of ketones is 1. The lowest BCUT2D eigenvalue weighted by atomic mass is 9.62. The van der Waals surface area contributed by atoms with Crippen LogP contribution >= 0.6 is 0 Å². The van der Waals surface area contributed by atoms with Crippen LogP contribution in [0.15, 0.2) is 11.6 Å². The van der Waals surface area contributed by atoms with Crippen molar-refractivity contribution in [1.29, 1.82) is 0 Å². The Bertz CT molecular complexity index is 385. The lowest BCUT2D eigenvalue weighted by Crippen LogP contribution is -2.43. The van der Waals surface area contributed by atoms with Crippen molar-refractivity contribution < 1.29 is 14.6 Å². The molecule has 2 aliphatic carbocycles. The quantitative estimate of drug-likeness (QED) is 0.586. The Morgan fingerprint density at radius 1 is 1.59 bits per heavy atom. The summed E-state index contributed by atoms with van der Waals surface area (Å²) in [7, 11) is 0. The highest BCUT2D eigenvalue weighted by Gasteiger charge is 2.65. The lowest BCUT2D eigenvalue weighted by molar-refractivity contribution is -0.121. The second-order valence-electron chi connectivity index (χ2n) is 5.91. The van der Waals surface area contributed by atoms with Crippen molar-refractivity contribution >= 4 is 5.78 Å². The molecule has 4 atom stereocenters. The van der Waals surface area contributed by atoms with Gasteiger partial charge in [-0.15, -0.1) is 0 Å². The number of carbonyl (C=O) groups excluding carboxylic acids is 1. The van der Waals surface area contributed by atoms with Crippen LogP contribution in [0.5, 0.6) is 0 Å². The first-order valence-corrected chi connectivity index (χ1v) is 6.61. The predicted octanol–water partition coefficient (Wildman–Crippen LogP) is 1.70. The molecule has 0 aromatic heterocycles. The Balaban J connectivity index is 1.97. The van der Waals surface area contributed by atoms with E-state index in [9.17, 15) is 9.90 Å². The van der Waals surface area contributed by atoms with Crippen molar-refractivity contribution in [2.45, 2.75) is 45.3 Å². The molecule has 1 N–H and O–H groups in total. The third-order valence-electron chi connectivity index (χ3n) is 4.83. The van der Waals surface area contributed by atoms with Gasteiger partial charge >= 0.3 is 0 Å². The molecule has 1 spiro atoms. The summed E-state index contributed by atoms with van der Waals surface area (Å²) in [5, 5.41) is 9.61. The van der Waals surface area contributed by atoms with E-state index in [2.05, 4.69) is 19.9 Å². The molecule has 1 saturated heterocycles. The van der Waals surface area contributed by atoms with Gasteiger partial charge in [0.25, 0.3) is 0 Å². The second-order valence-corrected chi connectivity index (χ2v) is 5.91. The molecular weight excluding hydrogens is 216 g/mol. The molecule has 1 aliphatic heterocycles. The van der Waals surface area contributed by atoms with Crippen LogP contribution in [0.25, 0.3) is 0 Å². The van der Waals surface area contributed by atoms with Gasteiger partial charge in [0, 0.05) is 18.4 Å². The maximum absolute atomic E-state index is 11.6. The molecule has 17 heavy (non-hydrogen) atoms. The molecule has 1 saturated carbocycles. The molecule has 0 radical (unpaired) electrons. The highest BCUT2D eigenvalue weighted by Crippen LogP contribution is 2.61. The largest absolute Gasteiger partial charge is 0.396 e. The standard InChI is InChI=1S/C14H20O3/c1-8(2)10-4-3-9(7-15)14(10)6-5-11(16)12-13(14)17-12/h4,8-9,12-13,15H,3,5-7H2,1-2H3/t9-,12-,13-,14-/m1/s1. The number of ether oxygens (including phenoxy) is 1. The summed E-state index contributed by atoms with van der Waals surface area (Å²) in [6.07, 6.45) is 4.57. The van der Waals surface area contributed by atoms with E-state index < -0.39 is 0 Å². The number of aliphatic hydroxyl groups is 1. The van der Waals surface area contributed by atoms with Crippen LogP contribution < -0.4 is 0 Å². The van der Waals surface area contributed by atoms with Gasteiger partial charge in [-0.25, -0.2) is 0 Å². The molecule has 0 bridgehead atoms. The third kappa shape index (κ3) is 1.39. The second kappa shape index (κ2) is 3.66. The number of hydrogen-bond donors (Lipinski definition) is 1. The third-order valence-corrected chi connectivity index (χ3v) is 4.83. The Morgan fingerprint density at radius 2 is 2.35 bits per heavy atom. The van der Waals surface area contributed by atoms with Crippen molar-refractivity contribution in [2.24, 2.45) is 17.3 Å². The van der Waals surface area contributed by atoms with Crippen LogP contribution in [0, 0.1) is 17.3 Å². The van der Waals surface area contributed by atoms with Crippen LogP contribution in [-0.4, -0.2) is 29.7 Å². The van der Waals surface area contributed by atoms with Crippen molar-refractivity contribution in [3.8, 4) is 0 Å². The summed E-state index contributed by atoms with van der Waals surface area (Å²) in [6, 6.07) is 0. The fraction of sp³-hybridized carbons (Fsp3) is 0.786. The molecule has 3 aliphatic rings. The fourth-order valence-electron chi connectivity index (χ4n) is 4.02. The van der Waals surface area contributed by atoms with E-state index in [1.807, 2.05) is 0 Å². The Labute approximate surface area is 102 Å². The zero-order chi connectivity index (χ0) is 12.2.